The van der Waals surface area contributed by atoms with Crippen LogP contribution < -0.4 is 0 Å². The van der Waals surface area contributed by atoms with E-state index in [1.54, 1.807) is 0 Å². The molecule has 5 aromatic heterocycles. The van der Waals surface area contributed by atoms with Crippen LogP contribution >= 0.6 is 0 Å². The Balaban J connectivity index is 0.933. The van der Waals surface area contributed by atoms with Gasteiger partial charge >= 0.3 is 0 Å². The Morgan fingerprint density at radius 2 is 0.656 bits per heavy atom. The first-order chi connectivity index (χ1) is 30.2. The summed E-state index contributed by atoms with van der Waals surface area (Å²) in [5.74, 6) is 0. The van der Waals surface area contributed by atoms with E-state index in [1.165, 1.54) is 21.5 Å². The van der Waals surface area contributed by atoms with Crippen LogP contribution in [-0.2, 0) is 0 Å². The first-order valence-corrected chi connectivity index (χ1v) is 20.7. The van der Waals surface area contributed by atoms with E-state index in [-0.39, 0.29) is 0 Å². The second-order valence-electron chi connectivity index (χ2n) is 16.4. The molecule has 5 nitrogen and oxygen atoms in total. The molecule has 282 valence electrons. The number of benzene rings is 10. The number of aromatic nitrogens is 2. The minimum Gasteiger partial charge on any atom is -0.456 e. The van der Waals surface area contributed by atoms with Crippen molar-refractivity contribution in [2.75, 3.05) is 0 Å². The molecule has 0 saturated heterocycles. The topological polar surface area (TPSA) is 49.3 Å². The van der Waals surface area contributed by atoms with E-state index in [9.17, 15) is 0 Å². The predicted molar refractivity (Wildman–Crippen MR) is 252 cm³/mol. The fraction of sp³-hybridized carbons (Fsp3) is 0. The van der Waals surface area contributed by atoms with Crippen LogP contribution in [0.5, 0.6) is 0 Å². The molecule has 61 heavy (non-hydrogen) atoms. The molecule has 15 rings (SSSR count). The molecule has 5 heteroatoms. The van der Waals surface area contributed by atoms with Crippen LogP contribution in [0.15, 0.2) is 195 Å². The van der Waals surface area contributed by atoms with Crippen LogP contribution in [0.1, 0.15) is 0 Å². The van der Waals surface area contributed by atoms with Crippen molar-refractivity contribution in [3.63, 3.8) is 0 Å². The number of hydrogen-bond donors (Lipinski definition) is 0. The van der Waals surface area contributed by atoms with Crippen LogP contribution in [-0.4, -0.2) is 9.13 Å². The average molecular weight is 779 g/mol. The number of rotatable bonds is 2. The summed E-state index contributed by atoms with van der Waals surface area (Å²) in [6.07, 6.45) is 0. The van der Waals surface area contributed by atoms with E-state index in [2.05, 4.69) is 167 Å². The van der Waals surface area contributed by atoms with E-state index in [4.69, 9.17) is 13.3 Å². The smallest absolute Gasteiger partial charge is 0.143 e. The van der Waals surface area contributed by atoms with Gasteiger partial charge in [0.2, 0.25) is 0 Å². The SMILES string of the molecule is c1ccc2c(c1)oc1c3cc4c(cc3ccc21)c1ccccc1n4-c1ccc2c(c1)oc1cc(-n3c4ccccc4c4cc5ccc6c7ccccc7oc6c5cc43)ccc12. The lowest BCUT2D eigenvalue weighted by atomic mass is 10.0. The highest BCUT2D eigenvalue weighted by atomic mass is 16.3. The lowest BCUT2D eigenvalue weighted by molar-refractivity contribution is 0.668. The van der Waals surface area contributed by atoms with Crippen molar-refractivity contribution in [3.05, 3.63) is 182 Å². The van der Waals surface area contributed by atoms with Gasteiger partial charge in [0.25, 0.3) is 0 Å². The first-order valence-electron chi connectivity index (χ1n) is 20.7. The summed E-state index contributed by atoms with van der Waals surface area (Å²) in [5, 5.41) is 16.0. The number of furan rings is 3. The Bertz CT molecular complexity index is 4130. The summed E-state index contributed by atoms with van der Waals surface area (Å²) in [6.45, 7) is 0. The van der Waals surface area contributed by atoms with Crippen LogP contribution in [0.25, 0.3) is 142 Å². The number of hydrogen-bond acceptors (Lipinski definition) is 3. The molecule has 0 atom stereocenters. The zero-order chi connectivity index (χ0) is 39.5. The molecule has 0 bridgehead atoms. The van der Waals surface area contributed by atoms with Crippen molar-refractivity contribution < 1.29 is 13.3 Å². The molecule has 0 aliphatic carbocycles. The maximum absolute atomic E-state index is 6.84. The fourth-order valence-corrected chi connectivity index (χ4v) is 10.5. The summed E-state index contributed by atoms with van der Waals surface area (Å²) in [5.41, 5.74) is 11.9. The van der Waals surface area contributed by atoms with Gasteiger partial charge in [0.05, 0.1) is 22.1 Å². The lowest BCUT2D eigenvalue weighted by Gasteiger charge is -2.09. The summed E-state index contributed by atoms with van der Waals surface area (Å²) in [6, 6.07) is 65.2. The monoisotopic (exact) mass is 778 g/mol. The number of nitrogens with zero attached hydrogens (tertiary/aromatic N) is 2. The van der Waals surface area contributed by atoms with E-state index >= 15 is 0 Å². The molecule has 0 radical (unpaired) electrons. The maximum Gasteiger partial charge on any atom is 0.143 e. The van der Waals surface area contributed by atoms with Crippen molar-refractivity contribution in [2.45, 2.75) is 0 Å². The van der Waals surface area contributed by atoms with Gasteiger partial charge < -0.3 is 22.4 Å². The van der Waals surface area contributed by atoms with Gasteiger partial charge in [-0.2, -0.15) is 0 Å². The second kappa shape index (κ2) is 11.3. The molecule has 10 aromatic carbocycles. The van der Waals surface area contributed by atoms with E-state index in [0.29, 0.717) is 0 Å². The standard InChI is InChI=1S/C56H30N2O3/c1-5-13-47-35(9-1)45-25-31-17-21-41-37-11-3-7-15-51(37)60-55(41)43(31)29-49(45)57(47)33-19-23-39-40-24-20-34(28-54(40)59-53(39)27-33)58-48-14-6-2-10-36(48)46-26-32-18-22-42-38-12-4-8-16-52(38)61-56(42)44(32)30-50(46)58/h1-30H. The Morgan fingerprint density at radius 3 is 1.15 bits per heavy atom. The Morgan fingerprint density at radius 1 is 0.246 bits per heavy atom. The van der Waals surface area contributed by atoms with Gasteiger partial charge in [-0.3, -0.25) is 0 Å². The average Bonchev–Trinajstić information content (AvgIpc) is 4.11. The third kappa shape index (κ3) is 4.14. The molecule has 0 aliphatic heterocycles. The van der Waals surface area contributed by atoms with E-state index in [0.717, 1.165) is 121 Å². The maximum atomic E-state index is 6.84. The summed E-state index contributed by atoms with van der Waals surface area (Å²) in [7, 11) is 0. The molecule has 15 aromatic rings. The van der Waals surface area contributed by atoms with Crippen LogP contribution in [0.3, 0.4) is 0 Å². The lowest BCUT2D eigenvalue weighted by Crippen LogP contribution is -1.93. The highest BCUT2D eigenvalue weighted by Gasteiger charge is 2.20. The quantitative estimate of drug-likeness (QED) is 0.176. The van der Waals surface area contributed by atoms with Crippen LogP contribution in [0.2, 0.25) is 0 Å². The Hall–Kier alpha value is -8.28. The molecular weight excluding hydrogens is 749 g/mol. The highest BCUT2D eigenvalue weighted by molar-refractivity contribution is 6.22. The van der Waals surface area contributed by atoms with Crippen molar-refractivity contribution in [3.8, 4) is 11.4 Å². The molecule has 0 amide bonds. The van der Waals surface area contributed by atoms with Crippen molar-refractivity contribution in [2.24, 2.45) is 0 Å². The molecule has 5 heterocycles. The van der Waals surface area contributed by atoms with E-state index < -0.39 is 0 Å². The van der Waals surface area contributed by atoms with Crippen molar-refractivity contribution >= 4 is 131 Å². The molecule has 0 N–H and O–H groups in total. The molecule has 0 spiro atoms. The molecular formula is C56H30N2O3. The summed E-state index contributed by atoms with van der Waals surface area (Å²) >= 11 is 0. The zero-order valence-electron chi connectivity index (χ0n) is 32.4. The zero-order valence-corrected chi connectivity index (χ0v) is 32.4. The number of fused-ring (bicyclic) bond motifs is 19. The second-order valence-corrected chi connectivity index (χ2v) is 16.4. The minimum atomic E-state index is 0.844. The molecule has 0 saturated carbocycles. The van der Waals surface area contributed by atoms with Crippen LogP contribution in [0, 0.1) is 0 Å². The largest absolute Gasteiger partial charge is 0.456 e. The van der Waals surface area contributed by atoms with Crippen molar-refractivity contribution in [1.29, 1.82) is 0 Å². The Kier molecular flexibility index (Phi) is 5.85. The van der Waals surface area contributed by atoms with Gasteiger partial charge in [0.15, 0.2) is 0 Å². The van der Waals surface area contributed by atoms with E-state index in [1.807, 2.05) is 24.3 Å². The van der Waals surface area contributed by atoms with Crippen molar-refractivity contribution in [1.82, 2.24) is 9.13 Å². The van der Waals surface area contributed by atoms with Gasteiger partial charge in [-0.05, 0) is 95.7 Å². The summed E-state index contributed by atoms with van der Waals surface area (Å²) in [4.78, 5) is 0. The van der Waals surface area contributed by atoms with Gasteiger partial charge in [-0.1, -0.05) is 84.9 Å². The first kappa shape index (κ1) is 31.7. The number of para-hydroxylation sites is 4. The highest BCUT2D eigenvalue weighted by Crippen LogP contribution is 2.43. The van der Waals surface area contributed by atoms with Gasteiger partial charge in [0.1, 0.15) is 33.5 Å². The van der Waals surface area contributed by atoms with Gasteiger partial charge in [-0.25, -0.2) is 0 Å². The molecule has 0 unspecified atom stereocenters. The third-order valence-electron chi connectivity index (χ3n) is 13.3. The predicted octanol–water partition coefficient (Wildman–Crippen LogP) is 15.9. The van der Waals surface area contributed by atoms with Gasteiger partial charge in [-0.15, -0.1) is 0 Å². The van der Waals surface area contributed by atoms with Crippen LogP contribution in [0.4, 0.5) is 0 Å². The van der Waals surface area contributed by atoms with Gasteiger partial charge in [0, 0.05) is 88.1 Å². The normalized spacial score (nSPS) is 12.6. The summed E-state index contributed by atoms with van der Waals surface area (Å²) < 4.78 is 24.6. The Labute approximate surface area is 345 Å². The molecule has 0 fully saturated rings. The fourth-order valence-electron chi connectivity index (χ4n) is 10.5. The third-order valence-corrected chi connectivity index (χ3v) is 13.3. The molecule has 0 aliphatic rings. The minimum absolute atomic E-state index is 0.844.